The summed E-state index contributed by atoms with van der Waals surface area (Å²) in [5.41, 5.74) is 4.16. The molecule has 0 spiro atoms. The number of carbonyl (C=O) groups is 2. The SMILES string of the molecule is CCN1c2ncc(CCOc3cccc4c3CCCN4CC(=O)O)cc2C(=O)N(C)c2cccnc21. The molecular weight excluding hydrogens is 458 g/mol. The second-order valence-corrected chi connectivity index (χ2v) is 8.94. The van der Waals surface area contributed by atoms with Crippen molar-refractivity contribution < 1.29 is 19.4 Å². The first-order chi connectivity index (χ1) is 17.5. The average Bonchev–Trinajstić information content (AvgIpc) is 2.97. The molecule has 0 radical (unpaired) electrons. The van der Waals surface area contributed by atoms with E-state index in [0.717, 1.165) is 47.6 Å². The highest BCUT2D eigenvalue weighted by molar-refractivity contribution is 6.12. The average molecular weight is 488 g/mol. The van der Waals surface area contributed by atoms with Gasteiger partial charge in [-0.3, -0.25) is 9.59 Å². The fourth-order valence-corrected chi connectivity index (χ4v) is 4.97. The van der Waals surface area contributed by atoms with Crippen LogP contribution in [-0.4, -0.2) is 60.2 Å². The second kappa shape index (κ2) is 9.85. The minimum Gasteiger partial charge on any atom is -0.493 e. The maximum Gasteiger partial charge on any atom is 0.323 e. The summed E-state index contributed by atoms with van der Waals surface area (Å²) in [5.74, 6) is 1.13. The molecule has 0 aliphatic carbocycles. The van der Waals surface area contributed by atoms with Crippen LogP contribution in [0, 0.1) is 0 Å². The van der Waals surface area contributed by atoms with E-state index in [-0.39, 0.29) is 12.5 Å². The molecule has 1 amide bonds. The smallest absolute Gasteiger partial charge is 0.323 e. The number of ether oxygens (including phenoxy) is 1. The summed E-state index contributed by atoms with van der Waals surface area (Å²) < 4.78 is 6.15. The quantitative estimate of drug-likeness (QED) is 0.539. The van der Waals surface area contributed by atoms with Crippen LogP contribution in [0.2, 0.25) is 0 Å². The number of rotatable bonds is 7. The van der Waals surface area contributed by atoms with Gasteiger partial charge in [-0.05, 0) is 55.7 Å². The molecule has 0 fully saturated rings. The Balaban J connectivity index is 1.35. The third-order valence-corrected chi connectivity index (χ3v) is 6.69. The predicted octanol–water partition coefficient (Wildman–Crippen LogP) is 3.68. The highest BCUT2D eigenvalue weighted by atomic mass is 16.5. The molecule has 36 heavy (non-hydrogen) atoms. The number of amides is 1. The lowest BCUT2D eigenvalue weighted by atomic mass is 10.0. The molecular formula is C27H29N5O4. The number of hydrogen-bond acceptors (Lipinski definition) is 7. The molecule has 1 aromatic carbocycles. The van der Waals surface area contributed by atoms with E-state index in [1.54, 1.807) is 24.3 Å². The zero-order valence-electron chi connectivity index (χ0n) is 20.5. The van der Waals surface area contributed by atoms with Gasteiger partial charge in [0, 0.05) is 50.2 Å². The first kappa shape index (κ1) is 23.6. The van der Waals surface area contributed by atoms with Crippen molar-refractivity contribution in [2.45, 2.75) is 26.2 Å². The lowest BCUT2D eigenvalue weighted by Crippen LogP contribution is -2.34. The van der Waals surface area contributed by atoms with Crippen molar-refractivity contribution in [1.82, 2.24) is 9.97 Å². The summed E-state index contributed by atoms with van der Waals surface area (Å²) in [6.07, 6.45) is 5.83. The van der Waals surface area contributed by atoms with Gasteiger partial charge in [0.25, 0.3) is 5.91 Å². The summed E-state index contributed by atoms with van der Waals surface area (Å²) >= 11 is 0. The first-order valence-electron chi connectivity index (χ1n) is 12.2. The molecule has 3 aromatic rings. The van der Waals surface area contributed by atoms with E-state index in [1.165, 1.54) is 0 Å². The normalized spacial score (nSPS) is 14.6. The molecule has 5 rings (SSSR count). The van der Waals surface area contributed by atoms with Crippen LogP contribution in [-0.2, 0) is 17.6 Å². The van der Waals surface area contributed by atoms with Crippen molar-refractivity contribution in [3.8, 4) is 5.75 Å². The molecule has 2 aliphatic heterocycles. The van der Waals surface area contributed by atoms with Crippen LogP contribution >= 0.6 is 0 Å². The Morgan fingerprint density at radius 3 is 2.78 bits per heavy atom. The van der Waals surface area contributed by atoms with Gasteiger partial charge in [-0.2, -0.15) is 0 Å². The summed E-state index contributed by atoms with van der Waals surface area (Å²) in [7, 11) is 1.76. The molecule has 186 valence electrons. The Morgan fingerprint density at radius 2 is 1.97 bits per heavy atom. The molecule has 1 N–H and O–H groups in total. The number of aliphatic carboxylic acids is 1. The van der Waals surface area contributed by atoms with Crippen molar-refractivity contribution in [3.63, 3.8) is 0 Å². The fraction of sp³-hybridized carbons (Fsp3) is 0.333. The molecule has 0 bridgehead atoms. The third kappa shape index (κ3) is 4.32. The van der Waals surface area contributed by atoms with Gasteiger partial charge >= 0.3 is 5.97 Å². The third-order valence-electron chi connectivity index (χ3n) is 6.69. The van der Waals surface area contributed by atoms with E-state index in [4.69, 9.17) is 4.74 Å². The van der Waals surface area contributed by atoms with E-state index in [0.29, 0.717) is 36.8 Å². The number of anilines is 4. The standard InChI is InChI=1S/C27H29N5O4/c1-3-32-25-20(27(35)30(2)22-9-5-12-28-26(22)32)15-18(16-29-25)11-14-36-23-10-4-8-21-19(23)7-6-13-31(21)17-24(33)34/h4-5,8-10,12,15-16H,3,6-7,11,13-14,17H2,1-2H3,(H,33,34). The van der Waals surface area contributed by atoms with Crippen molar-refractivity contribution in [3.05, 3.63) is 65.5 Å². The number of fused-ring (bicyclic) bond motifs is 3. The molecule has 2 aliphatic rings. The van der Waals surface area contributed by atoms with Crippen LogP contribution in [0.25, 0.3) is 0 Å². The maximum absolute atomic E-state index is 13.3. The van der Waals surface area contributed by atoms with E-state index in [1.807, 2.05) is 53.1 Å². The highest BCUT2D eigenvalue weighted by Crippen LogP contribution is 2.38. The molecule has 0 atom stereocenters. The zero-order chi connectivity index (χ0) is 25.2. The van der Waals surface area contributed by atoms with Gasteiger partial charge in [-0.15, -0.1) is 0 Å². The number of aromatic nitrogens is 2. The van der Waals surface area contributed by atoms with Crippen molar-refractivity contribution in [2.24, 2.45) is 0 Å². The van der Waals surface area contributed by atoms with Crippen LogP contribution < -0.4 is 19.4 Å². The Labute approximate surface area is 209 Å². The highest BCUT2D eigenvalue weighted by Gasteiger charge is 2.30. The lowest BCUT2D eigenvalue weighted by molar-refractivity contribution is -0.135. The summed E-state index contributed by atoms with van der Waals surface area (Å²) in [6, 6.07) is 11.4. The molecule has 9 heteroatoms. The molecule has 0 unspecified atom stereocenters. The Morgan fingerprint density at radius 1 is 1.14 bits per heavy atom. The fourth-order valence-electron chi connectivity index (χ4n) is 4.97. The largest absolute Gasteiger partial charge is 0.493 e. The summed E-state index contributed by atoms with van der Waals surface area (Å²) in [6.45, 7) is 3.76. The number of nitrogens with zero attached hydrogens (tertiary/aromatic N) is 5. The first-order valence-corrected chi connectivity index (χ1v) is 12.2. The molecule has 4 heterocycles. The van der Waals surface area contributed by atoms with Gasteiger partial charge in [-0.25, -0.2) is 9.97 Å². The summed E-state index contributed by atoms with van der Waals surface area (Å²) in [4.78, 5) is 39.2. The minimum atomic E-state index is -0.842. The number of hydrogen-bond donors (Lipinski definition) is 1. The summed E-state index contributed by atoms with van der Waals surface area (Å²) in [5, 5.41) is 9.24. The molecule has 9 nitrogen and oxygen atoms in total. The van der Waals surface area contributed by atoms with Gasteiger partial charge in [0.15, 0.2) is 5.82 Å². The Bertz CT molecular complexity index is 1310. The van der Waals surface area contributed by atoms with Crippen LogP contribution in [0.3, 0.4) is 0 Å². The van der Waals surface area contributed by atoms with E-state index in [9.17, 15) is 14.7 Å². The Hall–Kier alpha value is -4.14. The van der Waals surface area contributed by atoms with E-state index in [2.05, 4.69) is 9.97 Å². The number of benzene rings is 1. The van der Waals surface area contributed by atoms with Crippen LogP contribution in [0.5, 0.6) is 5.75 Å². The number of pyridine rings is 2. The lowest BCUT2D eigenvalue weighted by Gasteiger charge is -2.31. The van der Waals surface area contributed by atoms with Crippen LogP contribution in [0.15, 0.2) is 48.8 Å². The molecule has 2 aromatic heterocycles. The minimum absolute atomic E-state index is 0.0200. The number of carboxylic acid groups (broad SMARTS) is 1. The van der Waals surface area contributed by atoms with Crippen molar-refractivity contribution >= 4 is 34.9 Å². The Kier molecular flexibility index (Phi) is 6.45. The topological polar surface area (TPSA) is 99.1 Å². The second-order valence-electron chi connectivity index (χ2n) is 8.94. The van der Waals surface area contributed by atoms with Gasteiger partial charge in [0.1, 0.15) is 18.1 Å². The van der Waals surface area contributed by atoms with E-state index < -0.39 is 5.97 Å². The predicted molar refractivity (Wildman–Crippen MR) is 138 cm³/mol. The van der Waals surface area contributed by atoms with Crippen LogP contribution in [0.1, 0.15) is 34.8 Å². The van der Waals surface area contributed by atoms with Gasteiger partial charge < -0.3 is 24.5 Å². The van der Waals surface area contributed by atoms with Crippen LogP contribution in [0.4, 0.5) is 23.0 Å². The van der Waals surface area contributed by atoms with Gasteiger partial charge in [0.2, 0.25) is 0 Å². The van der Waals surface area contributed by atoms with E-state index >= 15 is 0 Å². The van der Waals surface area contributed by atoms with Crippen molar-refractivity contribution in [2.75, 3.05) is 48.0 Å². The zero-order valence-corrected chi connectivity index (χ0v) is 20.5. The number of carboxylic acids is 1. The monoisotopic (exact) mass is 487 g/mol. The maximum atomic E-state index is 13.3. The van der Waals surface area contributed by atoms with Gasteiger partial charge in [-0.1, -0.05) is 6.07 Å². The molecule has 0 saturated heterocycles. The molecule has 0 saturated carbocycles. The van der Waals surface area contributed by atoms with Gasteiger partial charge in [0.05, 0.1) is 17.9 Å². The van der Waals surface area contributed by atoms with Crippen molar-refractivity contribution in [1.29, 1.82) is 0 Å². The number of carbonyl (C=O) groups excluding carboxylic acids is 1.